The van der Waals surface area contributed by atoms with Crippen molar-refractivity contribution >= 4 is 23.5 Å². The highest BCUT2D eigenvalue weighted by atomic mass is 16.4. The number of carboxylic acids is 2. The average Bonchev–Trinajstić information content (AvgIpc) is 3.12. The van der Waals surface area contributed by atoms with Gasteiger partial charge in [0, 0.05) is 38.5 Å². The summed E-state index contributed by atoms with van der Waals surface area (Å²) in [7, 11) is 0. The maximum absolute atomic E-state index is 13.0. The fourth-order valence-electron chi connectivity index (χ4n) is 6.63. The number of Topliss-reactive ketones (excluding diaryl/α,β-unsaturated/α-hetero) is 2. The van der Waals surface area contributed by atoms with Crippen LogP contribution in [0.5, 0.6) is 0 Å². The van der Waals surface area contributed by atoms with E-state index in [1.165, 1.54) is 27.7 Å². The van der Waals surface area contributed by atoms with E-state index in [2.05, 4.69) is 0 Å². The zero-order valence-corrected chi connectivity index (χ0v) is 33.2. The van der Waals surface area contributed by atoms with E-state index in [0.717, 1.165) is 33.4 Å². The Balaban J connectivity index is 0.000000313. The molecule has 0 aliphatic heterocycles. The van der Waals surface area contributed by atoms with E-state index in [4.69, 9.17) is 10.2 Å². The molecule has 0 amide bonds. The Kier molecular flexibility index (Phi) is 15.6. The van der Waals surface area contributed by atoms with Crippen LogP contribution >= 0.6 is 0 Å². The molecule has 300 valence electrons. The quantitative estimate of drug-likeness (QED) is 0.0729. The van der Waals surface area contributed by atoms with Crippen LogP contribution in [0.1, 0.15) is 85.0 Å². The lowest BCUT2D eigenvalue weighted by Gasteiger charge is -2.31. The molecule has 10 nitrogen and oxygen atoms in total. The fourth-order valence-corrected chi connectivity index (χ4v) is 6.63. The van der Waals surface area contributed by atoms with Crippen molar-refractivity contribution in [3.8, 4) is 0 Å². The number of carbonyl (C=O) groups excluding carboxylic acids is 2. The van der Waals surface area contributed by atoms with Gasteiger partial charge in [0.15, 0.2) is 11.6 Å². The van der Waals surface area contributed by atoms with E-state index in [1.54, 1.807) is 48.5 Å². The maximum atomic E-state index is 13.0. The van der Waals surface area contributed by atoms with Gasteiger partial charge in [-0.3, -0.25) is 19.2 Å². The Morgan fingerprint density at radius 3 is 0.804 bits per heavy atom. The minimum atomic E-state index is -1.80. The summed E-state index contributed by atoms with van der Waals surface area (Å²) in [6.07, 6.45) is 1.22. The van der Waals surface area contributed by atoms with Crippen molar-refractivity contribution in [1.82, 2.24) is 0 Å². The van der Waals surface area contributed by atoms with Crippen LogP contribution in [0.4, 0.5) is 0 Å². The van der Waals surface area contributed by atoms with E-state index in [-0.39, 0.29) is 38.5 Å². The summed E-state index contributed by atoms with van der Waals surface area (Å²) in [5.74, 6) is -3.01. The lowest BCUT2D eigenvalue weighted by Crippen LogP contribution is -2.52. The molecular weight excluding hydrogens is 712 g/mol. The van der Waals surface area contributed by atoms with Gasteiger partial charge in [-0.2, -0.15) is 0 Å². The molecule has 4 rings (SSSR count). The van der Waals surface area contributed by atoms with Gasteiger partial charge < -0.3 is 30.6 Å². The van der Waals surface area contributed by atoms with Crippen LogP contribution in [-0.4, -0.2) is 76.5 Å². The molecule has 0 aliphatic carbocycles. The molecule has 6 N–H and O–H groups in total. The molecule has 10 heteroatoms. The molecule has 0 aromatic heterocycles. The highest BCUT2D eigenvalue weighted by molar-refractivity contribution is 5.94. The van der Waals surface area contributed by atoms with Crippen molar-refractivity contribution in [2.24, 2.45) is 0 Å². The first-order valence-corrected chi connectivity index (χ1v) is 18.7. The highest BCUT2D eigenvalue weighted by Crippen LogP contribution is 2.26. The van der Waals surface area contributed by atoms with Crippen LogP contribution in [-0.2, 0) is 57.7 Å². The Morgan fingerprint density at radius 2 is 0.589 bits per heavy atom. The number of carbonyl (C=O) groups is 4. The fraction of sp³-hybridized carbons (Fsp3) is 0.391. The van der Waals surface area contributed by atoms with E-state index in [0.29, 0.717) is 24.0 Å². The zero-order chi connectivity index (χ0) is 41.9. The first-order valence-electron chi connectivity index (χ1n) is 18.7. The molecular formula is C46H56O10. The topological polar surface area (TPSA) is 190 Å². The van der Waals surface area contributed by atoms with E-state index in [9.17, 15) is 39.6 Å². The van der Waals surface area contributed by atoms with Crippen molar-refractivity contribution in [2.75, 3.05) is 0 Å². The third-order valence-corrected chi connectivity index (χ3v) is 9.69. The number of hydrogen-bond acceptors (Lipinski definition) is 8. The van der Waals surface area contributed by atoms with E-state index < -0.39 is 45.9 Å². The van der Waals surface area contributed by atoms with Crippen molar-refractivity contribution in [3.05, 3.63) is 142 Å². The molecule has 0 spiro atoms. The second-order valence-electron chi connectivity index (χ2n) is 15.9. The van der Waals surface area contributed by atoms with Gasteiger partial charge in [0.2, 0.25) is 0 Å². The number of hydrogen-bond donors (Lipinski definition) is 6. The van der Waals surface area contributed by atoms with Crippen LogP contribution in [0.3, 0.4) is 0 Å². The molecule has 0 saturated heterocycles. The number of aliphatic hydroxyl groups is 4. The van der Waals surface area contributed by atoms with Gasteiger partial charge in [-0.05, 0) is 87.8 Å². The summed E-state index contributed by atoms with van der Waals surface area (Å²) in [6, 6.07) is 29.4. The summed E-state index contributed by atoms with van der Waals surface area (Å²) >= 11 is 0. The van der Waals surface area contributed by atoms with E-state index in [1.807, 2.05) is 62.4 Å². The predicted molar refractivity (Wildman–Crippen MR) is 214 cm³/mol. The lowest BCUT2D eigenvalue weighted by atomic mass is 9.80. The van der Waals surface area contributed by atoms with Gasteiger partial charge in [0.05, 0.1) is 0 Å². The Labute approximate surface area is 329 Å². The molecule has 0 radical (unpaired) electrons. The number of rotatable bonds is 18. The summed E-state index contributed by atoms with van der Waals surface area (Å²) < 4.78 is 0. The second kappa shape index (κ2) is 19.2. The second-order valence-corrected chi connectivity index (χ2v) is 15.9. The zero-order valence-electron chi connectivity index (χ0n) is 33.2. The SMILES string of the molecule is CC(O)(Cc1ccc(CCC(=O)O)cc1)C(=O)C(C)(O)Cc1ccc(CCC(=O)O)cc1.Cc1ccc(CC(C)(O)C(=O)C(C)(O)Cc2ccc(C)cc2)cc1. The van der Waals surface area contributed by atoms with Crippen molar-refractivity contribution in [3.63, 3.8) is 0 Å². The molecule has 4 unspecified atom stereocenters. The number of ketones is 2. The van der Waals surface area contributed by atoms with Crippen LogP contribution in [0, 0.1) is 13.8 Å². The molecule has 0 heterocycles. The minimum Gasteiger partial charge on any atom is -0.481 e. The van der Waals surface area contributed by atoms with E-state index >= 15 is 0 Å². The highest BCUT2D eigenvalue weighted by Gasteiger charge is 2.44. The molecule has 0 bridgehead atoms. The van der Waals surface area contributed by atoms with Gasteiger partial charge in [-0.15, -0.1) is 0 Å². The largest absolute Gasteiger partial charge is 0.481 e. The lowest BCUT2D eigenvalue weighted by molar-refractivity contribution is -0.153. The van der Waals surface area contributed by atoms with Crippen LogP contribution in [0.2, 0.25) is 0 Å². The third kappa shape index (κ3) is 14.3. The Hall–Kier alpha value is -5.00. The normalized spacial score (nSPS) is 15.5. The molecule has 4 aromatic rings. The molecule has 0 fully saturated rings. The Morgan fingerprint density at radius 1 is 0.393 bits per heavy atom. The molecule has 56 heavy (non-hydrogen) atoms. The number of aliphatic carboxylic acids is 2. The predicted octanol–water partition coefficient (Wildman–Crippen LogP) is 5.74. The molecule has 4 aromatic carbocycles. The summed E-state index contributed by atoms with van der Waals surface area (Å²) in [4.78, 5) is 47.0. The molecule has 0 saturated carbocycles. The van der Waals surface area contributed by atoms with Crippen molar-refractivity contribution in [1.29, 1.82) is 0 Å². The standard InChI is InChI=1S/C25H30O7.C21H26O3/c1-24(31,15-19-7-3-17(4-8-19)11-13-21(26)27)23(30)25(2,32)16-20-9-5-18(6-10-20)12-14-22(28)29;1-15-5-9-17(10-6-15)13-20(3,23)19(22)21(4,24)14-18-11-7-16(2)8-12-18/h3-10,31-32H,11-16H2,1-2H3,(H,26,27)(H,28,29);5-12,23-24H,13-14H2,1-4H3. The Bertz CT molecular complexity index is 1780. The first kappa shape index (κ1) is 45.4. The molecule has 0 aliphatic rings. The number of aryl methyl sites for hydroxylation is 4. The monoisotopic (exact) mass is 768 g/mol. The maximum Gasteiger partial charge on any atom is 0.303 e. The van der Waals surface area contributed by atoms with Gasteiger partial charge in [-0.1, -0.05) is 108 Å². The summed E-state index contributed by atoms with van der Waals surface area (Å²) in [5, 5.41) is 60.5. The van der Waals surface area contributed by atoms with Gasteiger partial charge in [0.25, 0.3) is 0 Å². The van der Waals surface area contributed by atoms with Crippen LogP contribution in [0.25, 0.3) is 0 Å². The van der Waals surface area contributed by atoms with Gasteiger partial charge in [-0.25, -0.2) is 0 Å². The number of carboxylic acid groups (broad SMARTS) is 2. The third-order valence-electron chi connectivity index (χ3n) is 9.69. The van der Waals surface area contributed by atoms with Gasteiger partial charge >= 0.3 is 11.9 Å². The van der Waals surface area contributed by atoms with Crippen molar-refractivity contribution < 1.29 is 49.8 Å². The summed E-state index contributed by atoms with van der Waals surface area (Å²) in [5.41, 5.74) is 0.222. The molecule has 4 atom stereocenters. The summed E-state index contributed by atoms with van der Waals surface area (Å²) in [6.45, 7) is 9.66. The smallest absolute Gasteiger partial charge is 0.303 e. The van der Waals surface area contributed by atoms with Crippen LogP contribution < -0.4 is 0 Å². The van der Waals surface area contributed by atoms with Crippen molar-refractivity contribution in [2.45, 2.75) is 115 Å². The number of benzene rings is 4. The minimum absolute atomic E-state index is 0.00925. The average molecular weight is 769 g/mol. The first-order chi connectivity index (χ1) is 26.0. The van der Waals surface area contributed by atoms with Gasteiger partial charge in [0.1, 0.15) is 22.4 Å². The van der Waals surface area contributed by atoms with Crippen LogP contribution in [0.15, 0.2) is 97.1 Å².